The summed E-state index contributed by atoms with van der Waals surface area (Å²) in [7, 11) is 0. The first-order valence-electron chi connectivity index (χ1n) is 7.08. The van der Waals surface area contributed by atoms with Gasteiger partial charge in [-0.15, -0.1) is 5.10 Å². The molecule has 1 aromatic carbocycles. The Balaban J connectivity index is 2.01. The van der Waals surface area contributed by atoms with Crippen LogP contribution in [0.2, 0.25) is 0 Å². The lowest BCUT2D eigenvalue weighted by molar-refractivity contribution is 0.288. The highest BCUT2D eigenvalue weighted by atomic mass is 16.2. The summed E-state index contributed by atoms with van der Waals surface area (Å²) in [4.78, 5) is 0. The molecule has 0 unspecified atom stereocenters. The van der Waals surface area contributed by atoms with Gasteiger partial charge in [0, 0.05) is 12.8 Å². The Morgan fingerprint density at radius 1 is 1.15 bits per heavy atom. The Hall–Kier alpha value is -1.68. The van der Waals surface area contributed by atoms with Crippen LogP contribution in [-0.4, -0.2) is 26.7 Å². The third-order valence-corrected chi connectivity index (χ3v) is 3.34. The summed E-state index contributed by atoms with van der Waals surface area (Å²) < 4.78 is 1.85. The van der Waals surface area contributed by atoms with Crippen LogP contribution in [0.25, 0.3) is 0 Å². The van der Waals surface area contributed by atoms with E-state index >= 15 is 0 Å². The van der Waals surface area contributed by atoms with Crippen molar-refractivity contribution in [2.45, 2.75) is 45.6 Å². The highest BCUT2D eigenvalue weighted by molar-refractivity contribution is 5.27. The van der Waals surface area contributed by atoms with Gasteiger partial charge in [-0.05, 0) is 29.4 Å². The van der Waals surface area contributed by atoms with Gasteiger partial charge in [0.2, 0.25) is 0 Å². The lowest BCUT2D eigenvalue weighted by Gasteiger charge is -2.19. The molecule has 0 saturated heterocycles. The Bertz CT molecular complexity index is 538. The van der Waals surface area contributed by atoms with Gasteiger partial charge in [-0.3, -0.25) is 0 Å². The zero-order chi connectivity index (χ0) is 14.6. The van der Waals surface area contributed by atoms with E-state index in [9.17, 15) is 0 Å². The molecule has 2 rings (SSSR count). The summed E-state index contributed by atoms with van der Waals surface area (Å²) >= 11 is 0. The second-order valence-electron chi connectivity index (χ2n) is 6.18. The first-order valence-corrected chi connectivity index (χ1v) is 7.08. The van der Waals surface area contributed by atoms with Gasteiger partial charge in [-0.2, -0.15) is 0 Å². The molecule has 4 nitrogen and oxygen atoms in total. The number of aliphatic hydroxyl groups is 1. The number of aryl methyl sites for hydroxylation is 1. The average Bonchev–Trinajstić information content (AvgIpc) is 2.83. The normalized spacial score (nSPS) is 11.8. The Morgan fingerprint density at radius 2 is 1.85 bits per heavy atom. The van der Waals surface area contributed by atoms with Crippen molar-refractivity contribution >= 4 is 0 Å². The molecule has 1 N–H and O–H groups in total. The molecule has 0 aliphatic carbocycles. The minimum atomic E-state index is 0.184. The van der Waals surface area contributed by atoms with Gasteiger partial charge in [0.25, 0.3) is 0 Å². The molecule has 0 atom stereocenters. The summed E-state index contributed by atoms with van der Waals surface area (Å²) in [6.07, 6.45) is 3.46. The number of rotatable bonds is 5. The molecule has 0 spiro atoms. The molecule has 2 aromatic rings. The van der Waals surface area contributed by atoms with Crippen molar-refractivity contribution in [3.63, 3.8) is 0 Å². The Kier molecular flexibility index (Phi) is 4.55. The van der Waals surface area contributed by atoms with E-state index in [1.807, 2.05) is 10.9 Å². The molecule has 1 aromatic heterocycles. The van der Waals surface area contributed by atoms with E-state index in [4.69, 9.17) is 5.11 Å². The summed E-state index contributed by atoms with van der Waals surface area (Å²) in [6, 6.07) is 8.66. The number of hydrogen-bond donors (Lipinski definition) is 1. The summed E-state index contributed by atoms with van der Waals surface area (Å²) in [5.74, 6) is 0. The molecule has 0 radical (unpaired) electrons. The first-order chi connectivity index (χ1) is 9.49. The predicted octanol–water partition coefficient (Wildman–Crippen LogP) is 2.55. The first kappa shape index (κ1) is 14.7. The van der Waals surface area contributed by atoms with Gasteiger partial charge in [0.1, 0.15) is 0 Å². The van der Waals surface area contributed by atoms with Crippen LogP contribution in [0.5, 0.6) is 0 Å². The fourth-order valence-electron chi connectivity index (χ4n) is 2.09. The standard InChI is InChI=1S/C16H23N3O/c1-16(2,3)14-8-6-13(7-9-14)11-19-12-15(17-18-19)5-4-10-20/h6-9,12,20H,4-5,10-11H2,1-3H3. The van der Waals surface area contributed by atoms with Crippen molar-refractivity contribution in [2.24, 2.45) is 0 Å². The minimum absolute atomic E-state index is 0.184. The molecule has 0 aliphatic rings. The maximum Gasteiger partial charge on any atom is 0.0828 e. The third kappa shape index (κ3) is 3.90. The maximum absolute atomic E-state index is 8.81. The fourth-order valence-corrected chi connectivity index (χ4v) is 2.09. The summed E-state index contributed by atoms with van der Waals surface area (Å²) in [6.45, 7) is 7.57. The second kappa shape index (κ2) is 6.18. The van der Waals surface area contributed by atoms with Crippen LogP contribution in [0.1, 0.15) is 44.0 Å². The summed E-state index contributed by atoms with van der Waals surface area (Å²) in [5.41, 5.74) is 3.67. The largest absolute Gasteiger partial charge is 0.396 e. The molecule has 0 bridgehead atoms. The number of nitrogens with zero attached hydrogens (tertiary/aromatic N) is 3. The van der Waals surface area contributed by atoms with Crippen molar-refractivity contribution in [3.8, 4) is 0 Å². The van der Waals surface area contributed by atoms with Crippen molar-refractivity contribution < 1.29 is 5.11 Å². The third-order valence-electron chi connectivity index (χ3n) is 3.34. The van der Waals surface area contributed by atoms with Crippen LogP contribution in [0.4, 0.5) is 0 Å². The molecule has 0 aliphatic heterocycles. The van der Waals surface area contributed by atoms with Gasteiger partial charge in [0.05, 0.1) is 12.2 Å². The Morgan fingerprint density at radius 3 is 2.45 bits per heavy atom. The van der Waals surface area contributed by atoms with E-state index < -0.39 is 0 Å². The highest BCUT2D eigenvalue weighted by Gasteiger charge is 2.12. The van der Waals surface area contributed by atoms with Crippen LogP contribution >= 0.6 is 0 Å². The smallest absolute Gasteiger partial charge is 0.0828 e. The highest BCUT2D eigenvalue weighted by Crippen LogP contribution is 2.22. The van der Waals surface area contributed by atoms with E-state index in [1.165, 1.54) is 11.1 Å². The SMILES string of the molecule is CC(C)(C)c1ccc(Cn2cc(CCCO)nn2)cc1. The van der Waals surface area contributed by atoms with Crippen molar-refractivity contribution in [1.82, 2.24) is 15.0 Å². The van der Waals surface area contributed by atoms with Crippen LogP contribution in [0.15, 0.2) is 30.5 Å². The molecule has 0 saturated carbocycles. The van der Waals surface area contributed by atoms with Crippen LogP contribution in [0.3, 0.4) is 0 Å². The van der Waals surface area contributed by atoms with Crippen molar-refractivity contribution in [2.75, 3.05) is 6.61 Å². The molecule has 108 valence electrons. The molecular formula is C16H23N3O. The quantitative estimate of drug-likeness (QED) is 0.911. The summed E-state index contributed by atoms with van der Waals surface area (Å²) in [5, 5.41) is 17.0. The molecule has 0 amide bonds. The van der Waals surface area contributed by atoms with E-state index in [0.717, 1.165) is 25.1 Å². The van der Waals surface area contributed by atoms with Gasteiger partial charge >= 0.3 is 0 Å². The van der Waals surface area contributed by atoms with E-state index in [1.54, 1.807) is 0 Å². The molecule has 0 fully saturated rings. The fraction of sp³-hybridized carbons (Fsp3) is 0.500. The minimum Gasteiger partial charge on any atom is -0.396 e. The number of hydrogen-bond acceptors (Lipinski definition) is 3. The Labute approximate surface area is 120 Å². The average molecular weight is 273 g/mol. The number of benzene rings is 1. The lowest BCUT2D eigenvalue weighted by Crippen LogP contribution is -2.11. The van der Waals surface area contributed by atoms with Gasteiger partial charge in [0.15, 0.2) is 0 Å². The zero-order valence-electron chi connectivity index (χ0n) is 12.5. The van der Waals surface area contributed by atoms with Crippen LogP contribution < -0.4 is 0 Å². The zero-order valence-corrected chi connectivity index (χ0v) is 12.5. The topological polar surface area (TPSA) is 50.9 Å². The van der Waals surface area contributed by atoms with Gasteiger partial charge in [-0.1, -0.05) is 50.3 Å². The lowest BCUT2D eigenvalue weighted by atomic mass is 9.87. The van der Waals surface area contributed by atoms with Crippen molar-refractivity contribution in [1.29, 1.82) is 0 Å². The van der Waals surface area contributed by atoms with E-state index in [2.05, 4.69) is 55.3 Å². The number of aliphatic hydroxyl groups excluding tert-OH is 1. The van der Waals surface area contributed by atoms with Crippen LogP contribution in [0, 0.1) is 0 Å². The molecular weight excluding hydrogens is 250 g/mol. The molecule has 20 heavy (non-hydrogen) atoms. The van der Waals surface area contributed by atoms with Crippen molar-refractivity contribution in [3.05, 3.63) is 47.3 Å². The van der Waals surface area contributed by atoms with E-state index in [-0.39, 0.29) is 12.0 Å². The van der Waals surface area contributed by atoms with Gasteiger partial charge in [-0.25, -0.2) is 4.68 Å². The molecule has 1 heterocycles. The van der Waals surface area contributed by atoms with E-state index in [0.29, 0.717) is 0 Å². The predicted molar refractivity (Wildman–Crippen MR) is 79.7 cm³/mol. The second-order valence-corrected chi connectivity index (χ2v) is 6.18. The van der Waals surface area contributed by atoms with Crippen LogP contribution in [-0.2, 0) is 18.4 Å². The monoisotopic (exact) mass is 273 g/mol. The van der Waals surface area contributed by atoms with Gasteiger partial charge < -0.3 is 5.11 Å². The molecule has 4 heteroatoms. The maximum atomic E-state index is 8.81. The number of aromatic nitrogens is 3.